The van der Waals surface area contributed by atoms with E-state index in [1.807, 2.05) is 0 Å². The molecule has 0 bridgehead atoms. The van der Waals surface area contributed by atoms with Crippen molar-refractivity contribution in [2.75, 3.05) is 39.4 Å². The molecule has 1 N–H and O–H groups in total. The van der Waals surface area contributed by atoms with E-state index in [4.69, 9.17) is 4.74 Å². The van der Waals surface area contributed by atoms with Crippen LogP contribution >= 0.6 is 0 Å². The van der Waals surface area contributed by atoms with E-state index in [-0.39, 0.29) is 17.4 Å². The lowest BCUT2D eigenvalue weighted by Gasteiger charge is -2.26. The van der Waals surface area contributed by atoms with E-state index in [0.29, 0.717) is 17.8 Å². The van der Waals surface area contributed by atoms with Gasteiger partial charge in [-0.2, -0.15) is 9.61 Å². The average Bonchev–Trinajstić information content (AvgIpc) is 3.17. The molecular formula is C18H19FN6O2. The number of nitrogens with one attached hydrogen (secondary N) is 1. The highest BCUT2D eigenvalue weighted by Gasteiger charge is 2.16. The van der Waals surface area contributed by atoms with Gasteiger partial charge in [0.1, 0.15) is 17.8 Å². The lowest BCUT2D eigenvalue weighted by Crippen LogP contribution is -2.41. The van der Waals surface area contributed by atoms with E-state index in [2.05, 4.69) is 25.5 Å². The molecule has 1 aliphatic rings. The van der Waals surface area contributed by atoms with Gasteiger partial charge in [-0.3, -0.25) is 9.69 Å². The topological polar surface area (TPSA) is 84.7 Å². The van der Waals surface area contributed by atoms with Gasteiger partial charge in [0.2, 0.25) is 0 Å². The number of halogens is 1. The molecule has 0 unspecified atom stereocenters. The van der Waals surface area contributed by atoms with Gasteiger partial charge in [0, 0.05) is 31.7 Å². The molecule has 8 nitrogen and oxygen atoms in total. The molecule has 140 valence electrons. The first kappa shape index (κ1) is 17.5. The first-order valence-corrected chi connectivity index (χ1v) is 8.76. The molecule has 1 saturated heterocycles. The Labute approximate surface area is 155 Å². The monoisotopic (exact) mass is 370 g/mol. The molecule has 4 rings (SSSR count). The fourth-order valence-electron chi connectivity index (χ4n) is 3.02. The van der Waals surface area contributed by atoms with Crippen molar-refractivity contribution in [3.63, 3.8) is 0 Å². The summed E-state index contributed by atoms with van der Waals surface area (Å²) in [4.78, 5) is 14.8. The van der Waals surface area contributed by atoms with E-state index in [9.17, 15) is 9.18 Å². The van der Waals surface area contributed by atoms with E-state index in [1.54, 1.807) is 18.2 Å². The summed E-state index contributed by atoms with van der Waals surface area (Å²) in [5.74, 6) is -0.603. The number of nitrogens with zero attached hydrogens (tertiary/aromatic N) is 5. The summed E-state index contributed by atoms with van der Waals surface area (Å²) in [5.41, 5.74) is 2.16. The summed E-state index contributed by atoms with van der Waals surface area (Å²) in [5, 5.41) is 15.1. The number of amides is 1. The number of ether oxygens (including phenoxy) is 1. The number of morpholine rings is 1. The Morgan fingerprint density at radius 2 is 2.00 bits per heavy atom. The van der Waals surface area contributed by atoms with Crippen LogP contribution in [0, 0.1) is 5.82 Å². The molecule has 0 atom stereocenters. The van der Waals surface area contributed by atoms with Gasteiger partial charge in [0.15, 0.2) is 5.65 Å². The third kappa shape index (κ3) is 3.93. The van der Waals surface area contributed by atoms with Crippen molar-refractivity contribution in [3.8, 4) is 11.1 Å². The maximum Gasteiger partial charge on any atom is 0.271 e. The van der Waals surface area contributed by atoms with Crippen LogP contribution in [0.4, 0.5) is 4.39 Å². The van der Waals surface area contributed by atoms with Crippen molar-refractivity contribution >= 4 is 11.6 Å². The molecule has 2 aromatic heterocycles. The first-order chi connectivity index (χ1) is 13.2. The van der Waals surface area contributed by atoms with Crippen LogP contribution in [0.2, 0.25) is 0 Å². The summed E-state index contributed by atoms with van der Waals surface area (Å²) in [6.07, 6.45) is 1.44. The normalized spacial score (nSPS) is 15.1. The minimum Gasteiger partial charge on any atom is -0.379 e. The highest BCUT2D eigenvalue weighted by molar-refractivity contribution is 5.94. The molecule has 9 heteroatoms. The fraction of sp³-hybridized carbons (Fsp3) is 0.333. The van der Waals surface area contributed by atoms with Gasteiger partial charge in [-0.1, -0.05) is 12.1 Å². The van der Waals surface area contributed by atoms with Crippen LogP contribution in [0.1, 0.15) is 10.5 Å². The largest absolute Gasteiger partial charge is 0.379 e. The summed E-state index contributed by atoms with van der Waals surface area (Å²) in [6.45, 7) is 4.47. The Bertz CT molecular complexity index is 937. The predicted molar refractivity (Wildman–Crippen MR) is 95.8 cm³/mol. The number of carbonyl (C=O) groups is 1. The van der Waals surface area contributed by atoms with Crippen LogP contribution in [0.25, 0.3) is 16.8 Å². The molecule has 1 fully saturated rings. The van der Waals surface area contributed by atoms with E-state index >= 15 is 0 Å². The molecule has 0 spiro atoms. The third-order valence-corrected chi connectivity index (χ3v) is 4.47. The Morgan fingerprint density at radius 3 is 2.78 bits per heavy atom. The van der Waals surface area contributed by atoms with Gasteiger partial charge in [-0.15, -0.1) is 10.2 Å². The second kappa shape index (κ2) is 7.77. The molecule has 0 radical (unpaired) electrons. The number of hydrogen-bond donors (Lipinski definition) is 1. The molecule has 0 aliphatic carbocycles. The minimum absolute atomic E-state index is 0.253. The molecule has 1 amide bonds. The zero-order valence-corrected chi connectivity index (χ0v) is 14.6. The molecular weight excluding hydrogens is 351 g/mol. The van der Waals surface area contributed by atoms with Crippen LogP contribution in [0.5, 0.6) is 0 Å². The van der Waals surface area contributed by atoms with Crippen molar-refractivity contribution in [3.05, 3.63) is 48.2 Å². The lowest BCUT2D eigenvalue weighted by atomic mass is 10.1. The quantitative estimate of drug-likeness (QED) is 0.721. The van der Waals surface area contributed by atoms with E-state index < -0.39 is 0 Å². The second-order valence-corrected chi connectivity index (χ2v) is 6.26. The zero-order valence-electron chi connectivity index (χ0n) is 14.6. The van der Waals surface area contributed by atoms with Gasteiger partial charge < -0.3 is 10.1 Å². The Balaban J connectivity index is 1.52. The summed E-state index contributed by atoms with van der Waals surface area (Å²) < 4.78 is 20.0. The number of carbonyl (C=O) groups excluding carboxylic acids is 1. The SMILES string of the molecule is O=C(NCCN1CCOCC1)c1cc(-c2ccc(F)cc2)c2nncn2n1. The molecule has 1 aromatic carbocycles. The summed E-state index contributed by atoms with van der Waals surface area (Å²) in [7, 11) is 0. The van der Waals surface area contributed by atoms with Gasteiger partial charge >= 0.3 is 0 Å². The number of aromatic nitrogens is 4. The van der Waals surface area contributed by atoms with Crippen molar-refractivity contribution in [2.24, 2.45) is 0 Å². The Morgan fingerprint density at radius 1 is 1.22 bits per heavy atom. The summed E-state index contributed by atoms with van der Waals surface area (Å²) >= 11 is 0. The number of benzene rings is 1. The van der Waals surface area contributed by atoms with Crippen LogP contribution in [0.15, 0.2) is 36.7 Å². The molecule has 3 aromatic rings. The number of fused-ring (bicyclic) bond motifs is 1. The fourth-order valence-corrected chi connectivity index (χ4v) is 3.02. The molecule has 3 heterocycles. The van der Waals surface area contributed by atoms with E-state index in [0.717, 1.165) is 38.4 Å². The van der Waals surface area contributed by atoms with Gasteiger partial charge in [0.25, 0.3) is 5.91 Å². The highest BCUT2D eigenvalue weighted by Crippen LogP contribution is 2.24. The maximum atomic E-state index is 13.2. The van der Waals surface area contributed by atoms with Crippen LogP contribution in [-0.4, -0.2) is 70.0 Å². The van der Waals surface area contributed by atoms with Crippen LogP contribution < -0.4 is 5.32 Å². The molecule has 0 saturated carbocycles. The molecule has 1 aliphatic heterocycles. The third-order valence-electron chi connectivity index (χ3n) is 4.47. The smallest absolute Gasteiger partial charge is 0.271 e. The predicted octanol–water partition coefficient (Wildman–Crippen LogP) is 0.992. The first-order valence-electron chi connectivity index (χ1n) is 8.76. The standard InChI is InChI=1S/C18H19FN6O2/c19-14-3-1-13(2-4-14)15-11-16(23-25-12-21-22-17(15)25)18(26)20-5-6-24-7-9-27-10-8-24/h1-4,11-12H,5-10H2,(H,20,26). The highest BCUT2D eigenvalue weighted by atomic mass is 19.1. The van der Waals surface area contributed by atoms with Crippen molar-refractivity contribution < 1.29 is 13.9 Å². The Kier molecular flexibility index (Phi) is 5.03. The van der Waals surface area contributed by atoms with Crippen molar-refractivity contribution in [1.82, 2.24) is 30.0 Å². The minimum atomic E-state index is -0.327. The van der Waals surface area contributed by atoms with Gasteiger partial charge in [-0.05, 0) is 23.8 Å². The van der Waals surface area contributed by atoms with Gasteiger partial charge in [-0.25, -0.2) is 4.39 Å². The lowest BCUT2D eigenvalue weighted by molar-refractivity contribution is 0.0383. The zero-order chi connectivity index (χ0) is 18.6. The number of hydrogen-bond acceptors (Lipinski definition) is 6. The van der Waals surface area contributed by atoms with E-state index in [1.165, 1.54) is 23.0 Å². The van der Waals surface area contributed by atoms with Crippen LogP contribution in [0.3, 0.4) is 0 Å². The Hall–Kier alpha value is -2.91. The van der Waals surface area contributed by atoms with Crippen molar-refractivity contribution in [2.45, 2.75) is 0 Å². The average molecular weight is 370 g/mol. The van der Waals surface area contributed by atoms with Crippen molar-refractivity contribution in [1.29, 1.82) is 0 Å². The molecule has 27 heavy (non-hydrogen) atoms. The maximum absolute atomic E-state index is 13.2. The number of rotatable bonds is 5. The second-order valence-electron chi connectivity index (χ2n) is 6.26. The van der Waals surface area contributed by atoms with Gasteiger partial charge in [0.05, 0.1) is 13.2 Å². The summed E-state index contributed by atoms with van der Waals surface area (Å²) in [6, 6.07) is 7.66. The van der Waals surface area contributed by atoms with Crippen LogP contribution in [-0.2, 0) is 4.74 Å².